The number of nitrogens with zero attached hydrogens (tertiary/aromatic N) is 1. The van der Waals surface area contributed by atoms with Gasteiger partial charge in [0.15, 0.2) is 0 Å². The number of fused-ring (bicyclic) bond motifs is 1. The molecule has 1 aliphatic heterocycles. The van der Waals surface area contributed by atoms with Crippen LogP contribution < -0.4 is 9.84 Å². The first kappa shape index (κ1) is 22.7. The second-order valence-corrected chi connectivity index (χ2v) is 9.40. The predicted molar refractivity (Wildman–Crippen MR) is 126 cm³/mol. The van der Waals surface area contributed by atoms with E-state index in [1.54, 1.807) is 12.1 Å². The van der Waals surface area contributed by atoms with Crippen LogP contribution in [0.25, 0.3) is 10.8 Å². The third kappa shape index (κ3) is 5.33. The Morgan fingerprint density at radius 1 is 1.06 bits per heavy atom. The van der Waals surface area contributed by atoms with E-state index in [-0.39, 0.29) is 24.4 Å². The Morgan fingerprint density at radius 2 is 1.85 bits per heavy atom. The van der Waals surface area contributed by atoms with E-state index in [0.29, 0.717) is 26.2 Å². The summed E-state index contributed by atoms with van der Waals surface area (Å²) in [5.74, 6) is 1.34. The average Bonchev–Trinajstić information content (AvgIpc) is 3.67. The zero-order valence-corrected chi connectivity index (χ0v) is 19.1. The fourth-order valence-corrected chi connectivity index (χ4v) is 4.83. The summed E-state index contributed by atoms with van der Waals surface area (Å²) in [7, 11) is 0. The van der Waals surface area contributed by atoms with E-state index in [0.717, 1.165) is 40.0 Å². The molecule has 2 atom stereocenters. The standard InChI is InChI=1S/C28H30FNO4/c29-23-9-7-21(8-10-23)25-11-13-30(28(31)32)17-27(25)34-18-20-15-22-3-1-2-4-24(22)26(16-20)33-14-12-19-5-6-19/h1-4,7-10,15-16,19,25,27H,5-6,11-14,17-18H2,(H,31,32)/p-1. The fourth-order valence-electron chi connectivity index (χ4n) is 4.83. The van der Waals surface area contributed by atoms with Gasteiger partial charge in [-0.05, 0) is 59.5 Å². The maximum Gasteiger partial charge on any atom is 0.137 e. The highest BCUT2D eigenvalue weighted by Crippen LogP contribution is 2.35. The minimum Gasteiger partial charge on any atom is -0.530 e. The average molecular weight is 463 g/mol. The fraction of sp³-hybridized carbons (Fsp3) is 0.393. The van der Waals surface area contributed by atoms with Crippen LogP contribution in [0.4, 0.5) is 9.18 Å². The van der Waals surface area contributed by atoms with Gasteiger partial charge in [-0.15, -0.1) is 0 Å². The molecule has 1 saturated heterocycles. The van der Waals surface area contributed by atoms with Gasteiger partial charge >= 0.3 is 0 Å². The molecule has 5 nitrogen and oxygen atoms in total. The second kappa shape index (κ2) is 10.0. The van der Waals surface area contributed by atoms with Gasteiger partial charge in [-0.1, -0.05) is 49.2 Å². The molecule has 34 heavy (non-hydrogen) atoms. The highest BCUT2D eigenvalue weighted by Gasteiger charge is 2.31. The normalized spacial score (nSPS) is 20.4. The number of carboxylic acid groups (broad SMARTS) is 1. The summed E-state index contributed by atoms with van der Waals surface area (Å²) in [4.78, 5) is 12.8. The summed E-state index contributed by atoms with van der Waals surface area (Å²) in [6.07, 6.45) is 2.73. The van der Waals surface area contributed by atoms with E-state index in [1.165, 1.54) is 29.9 Å². The van der Waals surface area contributed by atoms with Crippen molar-refractivity contribution in [1.29, 1.82) is 0 Å². The molecule has 3 aromatic rings. The van der Waals surface area contributed by atoms with Gasteiger partial charge in [-0.3, -0.25) is 0 Å². The van der Waals surface area contributed by atoms with Crippen LogP contribution in [-0.4, -0.2) is 36.8 Å². The quantitative estimate of drug-likeness (QED) is 0.479. The van der Waals surface area contributed by atoms with Crippen LogP contribution in [0.2, 0.25) is 0 Å². The highest BCUT2D eigenvalue weighted by molar-refractivity contribution is 5.89. The van der Waals surface area contributed by atoms with E-state index in [1.807, 2.05) is 18.2 Å². The molecule has 0 radical (unpaired) electrons. The number of amides is 1. The van der Waals surface area contributed by atoms with Gasteiger partial charge in [0.1, 0.15) is 17.7 Å². The van der Waals surface area contributed by atoms with Gasteiger partial charge in [0.2, 0.25) is 0 Å². The van der Waals surface area contributed by atoms with Crippen molar-refractivity contribution in [2.45, 2.75) is 44.3 Å². The summed E-state index contributed by atoms with van der Waals surface area (Å²) < 4.78 is 25.9. The minimum absolute atomic E-state index is 0.0223. The Morgan fingerprint density at radius 3 is 2.62 bits per heavy atom. The second-order valence-electron chi connectivity index (χ2n) is 9.40. The lowest BCUT2D eigenvalue weighted by Crippen LogP contribution is -2.51. The molecule has 2 unspecified atom stereocenters. The van der Waals surface area contributed by atoms with Crippen molar-refractivity contribution in [1.82, 2.24) is 4.90 Å². The van der Waals surface area contributed by atoms with Crippen LogP contribution in [0.15, 0.2) is 60.7 Å². The van der Waals surface area contributed by atoms with E-state index in [2.05, 4.69) is 18.2 Å². The molecule has 178 valence electrons. The molecule has 1 saturated carbocycles. The first-order valence-electron chi connectivity index (χ1n) is 12.0. The van der Waals surface area contributed by atoms with Gasteiger partial charge in [-0.2, -0.15) is 0 Å². The summed E-state index contributed by atoms with van der Waals surface area (Å²) in [5.41, 5.74) is 1.93. The zero-order valence-electron chi connectivity index (χ0n) is 19.1. The topological polar surface area (TPSA) is 61.8 Å². The number of carbonyl (C=O) groups is 1. The number of hydrogen-bond donors (Lipinski definition) is 0. The van der Waals surface area contributed by atoms with Gasteiger partial charge < -0.3 is 24.3 Å². The monoisotopic (exact) mass is 462 g/mol. The minimum atomic E-state index is -1.19. The van der Waals surface area contributed by atoms with Crippen molar-refractivity contribution >= 4 is 16.9 Å². The number of likely N-dealkylation sites (tertiary alicyclic amines) is 1. The van der Waals surface area contributed by atoms with Crippen molar-refractivity contribution in [2.24, 2.45) is 5.92 Å². The maximum atomic E-state index is 13.5. The molecule has 0 bridgehead atoms. The number of piperidine rings is 1. The number of benzene rings is 3. The van der Waals surface area contributed by atoms with E-state index < -0.39 is 6.09 Å². The molecule has 3 aromatic carbocycles. The maximum absolute atomic E-state index is 13.5. The zero-order chi connectivity index (χ0) is 23.5. The van der Waals surface area contributed by atoms with Crippen LogP contribution >= 0.6 is 0 Å². The van der Waals surface area contributed by atoms with Crippen molar-refractivity contribution in [3.8, 4) is 5.75 Å². The van der Waals surface area contributed by atoms with Crippen LogP contribution in [-0.2, 0) is 11.3 Å². The number of halogens is 1. The van der Waals surface area contributed by atoms with Gasteiger partial charge in [0.05, 0.1) is 19.3 Å². The lowest BCUT2D eigenvalue weighted by Gasteiger charge is -2.40. The summed E-state index contributed by atoms with van der Waals surface area (Å²) in [6, 6.07) is 18.7. The molecule has 2 fully saturated rings. The number of rotatable bonds is 8. The molecule has 5 rings (SSSR count). The lowest BCUT2D eigenvalue weighted by molar-refractivity contribution is -0.268. The molecule has 1 aliphatic carbocycles. The van der Waals surface area contributed by atoms with Crippen molar-refractivity contribution in [3.63, 3.8) is 0 Å². The molecule has 0 N–H and O–H groups in total. The Balaban J connectivity index is 1.34. The molecule has 1 heterocycles. The van der Waals surface area contributed by atoms with E-state index in [4.69, 9.17) is 9.47 Å². The molecule has 0 aromatic heterocycles. The third-order valence-electron chi connectivity index (χ3n) is 6.94. The van der Waals surface area contributed by atoms with E-state index >= 15 is 0 Å². The molecule has 2 aliphatic rings. The van der Waals surface area contributed by atoms with Gasteiger partial charge in [0, 0.05) is 24.4 Å². The van der Waals surface area contributed by atoms with Crippen molar-refractivity contribution < 1.29 is 23.8 Å². The number of hydrogen-bond acceptors (Lipinski definition) is 4. The number of ether oxygens (including phenoxy) is 2. The Bertz CT molecular complexity index is 1140. The first-order valence-corrected chi connectivity index (χ1v) is 12.0. The molecule has 0 spiro atoms. The SMILES string of the molecule is O=C([O-])N1CCC(c2ccc(F)cc2)C(OCc2cc(OCCC3CC3)c3ccccc3c2)C1. The lowest BCUT2D eigenvalue weighted by atomic mass is 9.87. The molecule has 1 amide bonds. The summed E-state index contributed by atoms with van der Waals surface area (Å²) >= 11 is 0. The molecule has 6 heteroatoms. The first-order chi connectivity index (χ1) is 16.6. The Hall–Kier alpha value is -3.12. The predicted octanol–water partition coefficient (Wildman–Crippen LogP) is 4.88. The van der Waals surface area contributed by atoms with Crippen molar-refractivity contribution in [2.75, 3.05) is 19.7 Å². The van der Waals surface area contributed by atoms with Gasteiger partial charge in [-0.25, -0.2) is 4.39 Å². The van der Waals surface area contributed by atoms with Crippen LogP contribution in [0.5, 0.6) is 5.75 Å². The van der Waals surface area contributed by atoms with Crippen LogP contribution in [0.3, 0.4) is 0 Å². The number of carbonyl (C=O) groups excluding carboxylic acids is 1. The summed E-state index contributed by atoms with van der Waals surface area (Å²) in [5, 5.41) is 13.7. The van der Waals surface area contributed by atoms with E-state index in [9.17, 15) is 14.3 Å². The Labute approximate surface area is 199 Å². The Kier molecular flexibility index (Phi) is 6.68. The smallest absolute Gasteiger partial charge is 0.137 e. The van der Waals surface area contributed by atoms with Gasteiger partial charge in [0.25, 0.3) is 0 Å². The summed E-state index contributed by atoms with van der Waals surface area (Å²) in [6.45, 7) is 1.63. The van der Waals surface area contributed by atoms with Crippen molar-refractivity contribution in [3.05, 3.63) is 77.6 Å². The highest BCUT2D eigenvalue weighted by atomic mass is 19.1. The van der Waals surface area contributed by atoms with Crippen LogP contribution in [0, 0.1) is 11.7 Å². The molecular formula is C28H29FNO4-. The largest absolute Gasteiger partial charge is 0.530 e. The third-order valence-corrected chi connectivity index (χ3v) is 6.94. The van der Waals surface area contributed by atoms with Crippen LogP contribution in [0.1, 0.15) is 42.7 Å². The molecular weight excluding hydrogens is 433 g/mol.